The predicted octanol–water partition coefficient (Wildman–Crippen LogP) is 3.07. The zero-order valence-corrected chi connectivity index (χ0v) is 13.0. The minimum absolute atomic E-state index is 0.0190. The standard InChI is InChI=1S/C15H19N3OS/c1-10-14(20-11(2)17-10)9-16-13-7-5-12(6-8-13)15(19)18(3)4/h5-8,16H,9H2,1-4H3. The molecule has 0 saturated carbocycles. The second-order valence-electron chi connectivity index (χ2n) is 4.87. The van der Waals surface area contributed by atoms with E-state index in [-0.39, 0.29) is 5.91 Å². The Morgan fingerprint density at radius 3 is 2.40 bits per heavy atom. The summed E-state index contributed by atoms with van der Waals surface area (Å²) >= 11 is 1.71. The zero-order valence-electron chi connectivity index (χ0n) is 12.2. The molecule has 0 saturated heterocycles. The van der Waals surface area contributed by atoms with Crippen molar-refractivity contribution in [2.24, 2.45) is 0 Å². The van der Waals surface area contributed by atoms with Gasteiger partial charge in [0.15, 0.2) is 0 Å². The molecule has 0 bridgehead atoms. The van der Waals surface area contributed by atoms with Gasteiger partial charge in [0.25, 0.3) is 5.91 Å². The molecule has 1 N–H and O–H groups in total. The van der Waals surface area contributed by atoms with Crippen LogP contribution in [-0.2, 0) is 6.54 Å². The molecule has 4 nitrogen and oxygen atoms in total. The lowest BCUT2D eigenvalue weighted by Crippen LogP contribution is -2.21. The Labute approximate surface area is 123 Å². The van der Waals surface area contributed by atoms with Crippen LogP contribution < -0.4 is 5.32 Å². The van der Waals surface area contributed by atoms with Crippen LogP contribution in [0, 0.1) is 13.8 Å². The van der Waals surface area contributed by atoms with E-state index in [1.165, 1.54) is 4.88 Å². The molecule has 0 radical (unpaired) electrons. The van der Waals surface area contributed by atoms with Crippen LogP contribution in [0.2, 0.25) is 0 Å². The Bertz CT molecular complexity index is 602. The van der Waals surface area contributed by atoms with Gasteiger partial charge in [-0.25, -0.2) is 4.98 Å². The van der Waals surface area contributed by atoms with Crippen molar-refractivity contribution in [1.29, 1.82) is 0 Å². The molecule has 0 aliphatic rings. The fourth-order valence-corrected chi connectivity index (χ4v) is 2.79. The number of amides is 1. The van der Waals surface area contributed by atoms with Crippen molar-refractivity contribution in [1.82, 2.24) is 9.88 Å². The monoisotopic (exact) mass is 289 g/mol. The normalized spacial score (nSPS) is 10.4. The van der Waals surface area contributed by atoms with Gasteiger partial charge in [0.1, 0.15) is 0 Å². The minimum Gasteiger partial charge on any atom is -0.380 e. The fraction of sp³-hybridized carbons (Fsp3) is 0.333. The molecule has 0 fully saturated rings. The smallest absolute Gasteiger partial charge is 0.253 e. The highest BCUT2D eigenvalue weighted by Gasteiger charge is 2.08. The minimum atomic E-state index is 0.0190. The van der Waals surface area contributed by atoms with Crippen LogP contribution in [0.1, 0.15) is 25.9 Å². The average molecular weight is 289 g/mol. The molecule has 1 aromatic carbocycles. The van der Waals surface area contributed by atoms with Gasteiger partial charge in [-0.3, -0.25) is 4.79 Å². The summed E-state index contributed by atoms with van der Waals surface area (Å²) in [6, 6.07) is 7.55. The number of nitrogens with one attached hydrogen (secondary N) is 1. The van der Waals surface area contributed by atoms with Crippen molar-refractivity contribution in [2.75, 3.05) is 19.4 Å². The van der Waals surface area contributed by atoms with Gasteiger partial charge in [0.2, 0.25) is 0 Å². The number of rotatable bonds is 4. The second kappa shape index (κ2) is 6.05. The summed E-state index contributed by atoms with van der Waals surface area (Å²) in [5, 5.41) is 4.45. The van der Waals surface area contributed by atoms with Gasteiger partial charge in [-0.05, 0) is 38.1 Å². The van der Waals surface area contributed by atoms with Crippen LogP contribution in [0.4, 0.5) is 5.69 Å². The molecule has 1 heterocycles. The number of benzene rings is 1. The van der Waals surface area contributed by atoms with E-state index in [0.29, 0.717) is 5.56 Å². The highest BCUT2D eigenvalue weighted by atomic mass is 32.1. The molecule has 0 aliphatic carbocycles. The van der Waals surface area contributed by atoms with E-state index in [1.807, 2.05) is 38.1 Å². The molecule has 0 unspecified atom stereocenters. The lowest BCUT2D eigenvalue weighted by atomic mass is 10.2. The van der Waals surface area contributed by atoms with Crippen molar-refractivity contribution >= 4 is 22.9 Å². The highest BCUT2D eigenvalue weighted by molar-refractivity contribution is 7.11. The quantitative estimate of drug-likeness (QED) is 0.941. The number of anilines is 1. The largest absolute Gasteiger partial charge is 0.380 e. The van der Waals surface area contributed by atoms with Crippen LogP contribution in [0.3, 0.4) is 0 Å². The first-order chi connectivity index (χ1) is 9.47. The summed E-state index contributed by atoms with van der Waals surface area (Å²) in [7, 11) is 3.51. The van der Waals surface area contributed by atoms with Gasteiger partial charge in [-0.15, -0.1) is 11.3 Å². The Balaban J connectivity index is 2.01. The van der Waals surface area contributed by atoms with Gasteiger partial charge in [-0.2, -0.15) is 0 Å². The number of thiazole rings is 1. The zero-order chi connectivity index (χ0) is 14.7. The molecule has 106 valence electrons. The third-order valence-corrected chi connectivity index (χ3v) is 4.06. The number of aromatic nitrogens is 1. The second-order valence-corrected chi connectivity index (χ2v) is 6.16. The van der Waals surface area contributed by atoms with Crippen LogP contribution in [0.15, 0.2) is 24.3 Å². The van der Waals surface area contributed by atoms with E-state index in [2.05, 4.69) is 10.3 Å². The van der Waals surface area contributed by atoms with E-state index >= 15 is 0 Å². The lowest BCUT2D eigenvalue weighted by molar-refractivity contribution is 0.0827. The lowest BCUT2D eigenvalue weighted by Gasteiger charge is -2.11. The Morgan fingerprint density at radius 1 is 1.25 bits per heavy atom. The maximum atomic E-state index is 11.8. The SMILES string of the molecule is Cc1nc(C)c(CNc2ccc(C(=O)N(C)C)cc2)s1. The van der Waals surface area contributed by atoms with E-state index in [9.17, 15) is 4.79 Å². The Kier molecular flexibility index (Phi) is 4.39. The number of nitrogens with zero attached hydrogens (tertiary/aromatic N) is 2. The Morgan fingerprint density at radius 2 is 1.90 bits per heavy atom. The molecule has 1 aromatic heterocycles. The maximum absolute atomic E-state index is 11.8. The van der Waals surface area contributed by atoms with Crippen molar-refractivity contribution < 1.29 is 4.79 Å². The fourth-order valence-electron chi connectivity index (χ4n) is 1.91. The van der Waals surface area contributed by atoms with Gasteiger partial charge >= 0.3 is 0 Å². The summed E-state index contributed by atoms with van der Waals surface area (Å²) < 4.78 is 0. The first-order valence-electron chi connectivity index (χ1n) is 6.46. The van der Waals surface area contributed by atoms with Crippen LogP contribution in [0.5, 0.6) is 0 Å². The van der Waals surface area contributed by atoms with E-state index < -0.39 is 0 Å². The molecule has 0 spiro atoms. The first kappa shape index (κ1) is 14.5. The molecule has 2 rings (SSSR count). The molecular weight excluding hydrogens is 270 g/mol. The number of aryl methyl sites for hydroxylation is 2. The molecule has 5 heteroatoms. The summed E-state index contributed by atoms with van der Waals surface area (Å²) in [4.78, 5) is 19.0. The summed E-state index contributed by atoms with van der Waals surface area (Å²) in [6.45, 7) is 4.81. The van der Waals surface area contributed by atoms with E-state index in [0.717, 1.165) is 22.9 Å². The molecular formula is C15H19N3OS. The summed E-state index contributed by atoms with van der Waals surface area (Å²) in [6.07, 6.45) is 0. The van der Waals surface area contributed by atoms with Gasteiger partial charge in [-0.1, -0.05) is 0 Å². The summed E-state index contributed by atoms with van der Waals surface area (Å²) in [5.74, 6) is 0.0190. The first-order valence-corrected chi connectivity index (χ1v) is 7.27. The van der Waals surface area contributed by atoms with Crippen molar-refractivity contribution in [2.45, 2.75) is 20.4 Å². The average Bonchev–Trinajstić information content (AvgIpc) is 2.74. The molecule has 0 aliphatic heterocycles. The van der Waals surface area contributed by atoms with Gasteiger partial charge < -0.3 is 10.2 Å². The molecule has 2 aromatic rings. The van der Waals surface area contributed by atoms with Crippen molar-refractivity contribution in [3.05, 3.63) is 45.4 Å². The summed E-state index contributed by atoms with van der Waals surface area (Å²) in [5.41, 5.74) is 2.79. The number of hydrogen-bond acceptors (Lipinski definition) is 4. The number of hydrogen-bond donors (Lipinski definition) is 1. The van der Waals surface area contributed by atoms with Gasteiger partial charge in [0, 0.05) is 30.2 Å². The van der Waals surface area contributed by atoms with Crippen molar-refractivity contribution in [3.63, 3.8) is 0 Å². The number of carbonyl (C=O) groups excluding carboxylic acids is 1. The highest BCUT2D eigenvalue weighted by Crippen LogP contribution is 2.19. The maximum Gasteiger partial charge on any atom is 0.253 e. The Hall–Kier alpha value is -1.88. The molecule has 0 atom stereocenters. The van der Waals surface area contributed by atoms with Crippen LogP contribution in [0.25, 0.3) is 0 Å². The van der Waals surface area contributed by atoms with Crippen LogP contribution in [-0.4, -0.2) is 29.9 Å². The predicted molar refractivity (Wildman–Crippen MR) is 83.4 cm³/mol. The third kappa shape index (κ3) is 3.36. The topological polar surface area (TPSA) is 45.2 Å². The van der Waals surface area contributed by atoms with E-state index in [4.69, 9.17) is 0 Å². The van der Waals surface area contributed by atoms with E-state index in [1.54, 1.807) is 30.3 Å². The molecule has 1 amide bonds. The molecule has 20 heavy (non-hydrogen) atoms. The van der Waals surface area contributed by atoms with Gasteiger partial charge in [0.05, 0.1) is 17.2 Å². The third-order valence-electron chi connectivity index (χ3n) is 2.99. The van der Waals surface area contributed by atoms with Crippen molar-refractivity contribution in [3.8, 4) is 0 Å². The number of carbonyl (C=O) groups is 1. The van der Waals surface area contributed by atoms with Crippen LogP contribution >= 0.6 is 11.3 Å².